The maximum Gasteiger partial charge on any atom is 0.191 e. The molecule has 6 heteroatoms. The molecule has 1 unspecified atom stereocenters. The van der Waals surface area contributed by atoms with Crippen LogP contribution in [-0.4, -0.2) is 63.8 Å². The number of likely N-dealkylation sites (N-methyl/N-ethyl adjacent to an activating group) is 1. The van der Waals surface area contributed by atoms with Gasteiger partial charge >= 0.3 is 0 Å². The number of methoxy groups -OCH3 is 1. The monoisotopic (exact) mass is 348 g/mol. The zero-order chi connectivity index (χ0) is 17.9. The number of hydrogen-bond acceptors (Lipinski definition) is 4. The van der Waals surface area contributed by atoms with Gasteiger partial charge in [0.2, 0.25) is 0 Å². The van der Waals surface area contributed by atoms with Gasteiger partial charge < -0.3 is 20.1 Å². The van der Waals surface area contributed by atoms with Crippen molar-refractivity contribution in [3.8, 4) is 11.5 Å². The van der Waals surface area contributed by atoms with Gasteiger partial charge in [-0.05, 0) is 56.6 Å². The van der Waals surface area contributed by atoms with Gasteiger partial charge in [-0.25, -0.2) is 0 Å². The molecule has 0 saturated carbocycles. The average Bonchev–Trinajstić information content (AvgIpc) is 3.12. The first-order valence-electron chi connectivity index (χ1n) is 9.22. The van der Waals surface area contributed by atoms with Gasteiger partial charge in [0.25, 0.3) is 0 Å². The van der Waals surface area contributed by atoms with E-state index < -0.39 is 0 Å². The summed E-state index contributed by atoms with van der Waals surface area (Å²) in [4.78, 5) is 6.83. The SMILES string of the molecule is CCN1CCCC1CNC(=NC)NCCCOc1ccc(OC)cc1. The van der Waals surface area contributed by atoms with Crippen LogP contribution in [0.3, 0.4) is 0 Å². The summed E-state index contributed by atoms with van der Waals surface area (Å²) in [5, 5.41) is 6.79. The smallest absolute Gasteiger partial charge is 0.191 e. The molecule has 1 heterocycles. The minimum absolute atomic E-state index is 0.627. The standard InChI is InChI=1S/C19H32N4O2/c1-4-23-13-5-7-16(23)15-22-19(20-2)21-12-6-14-25-18-10-8-17(24-3)9-11-18/h8-11,16H,4-7,12-15H2,1-3H3,(H2,20,21,22). The van der Waals surface area contributed by atoms with Crippen LogP contribution in [0, 0.1) is 0 Å². The summed E-state index contributed by atoms with van der Waals surface area (Å²) in [5.41, 5.74) is 0. The van der Waals surface area contributed by atoms with Crippen molar-refractivity contribution in [1.29, 1.82) is 0 Å². The van der Waals surface area contributed by atoms with Crippen LogP contribution in [-0.2, 0) is 0 Å². The second kappa shape index (κ2) is 10.8. The molecule has 2 rings (SSSR count). The Hall–Kier alpha value is -1.95. The number of ether oxygens (including phenoxy) is 2. The molecule has 0 bridgehead atoms. The van der Waals surface area contributed by atoms with Crippen molar-refractivity contribution >= 4 is 5.96 Å². The van der Waals surface area contributed by atoms with Gasteiger partial charge in [0.05, 0.1) is 13.7 Å². The molecule has 25 heavy (non-hydrogen) atoms. The topological polar surface area (TPSA) is 58.1 Å². The molecule has 1 aliphatic rings. The van der Waals surface area contributed by atoms with Gasteiger partial charge in [0.15, 0.2) is 5.96 Å². The second-order valence-corrected chi connectivity index (χ2v) is 6.18. The van der Waals surface area contributed by atoms with Crippen LogP contribution >= 0.6 is 0 Å². The number of hydrogen-bond donors (Lipinski definition) is 2. The molecule has 0 aliphatic carbocycles. The van der Waals surface area contributed by atoms with E-state index in [1.165, 1.54) is 19.4 Å². The summed E-state index contributed by atoms with van der Waals surface area (Å²) in [7, 11) is 3.48. The lowest BCUT2D eigenvalue weighted by atomic mass is 10.2. The highest BCUT2D eigenvalue weighted by atomic mass is 16.5. The summed E-state index contributed by atoms with van der Waals surface area (Å²) < 4.78 is 10.9. The first kappa shape index (κ1) is 19.4. The van der Waals surface area contributed by atoms with E-state index in [-0.39, 0.29) is 0 Å². The number of benzene rings is 1. The lowest BCUT2D eigenvalue weighted by Crippen LogP contribution is -2.45. The van der Waals surface area contributed by atoms with Crippen molar-refractivity contribution in [2.75, 3.05) is 46.9 Å². The van der Waals surface area contributed by atoms with Crippen LogP contribution in [0.4, 0.5) is 0 Å². The van der Waals surface area contributed by atoms with E-state index in [2.05, 4.69) is 27.4 Å². The molecule has 140 valence electrons. The quantitative estimate of drug-likeness (QED) is 0.407. The third-order valence-electron chi connectivity index (χ3n) is 4.58. The van der Waals surface area contributed by atoms with E-state index >= 15 is 0 Å². The number of likely N-dealkylation sites (tertiary alicyclic amines) is 1. The normalized spacial score (nSPS) is 18.2. The van der Waals surface area contributed by atoms with Crippen LogP contribution in [0.1, 0.15) is 26.2 Å². The first-order valence-corrected chi connectivity index (χ1v) is 9.22. The summed E-state index contributed by atoms with van der Waals surface area (Å²) in [6.45, 7) is 7.03. The van der Waals surface area contributed by atoms with E-state index in [1.54, 1.807) is 7.11 Å². The summed E-state index contributed by atoms with van der Waals surface area (Å²) in [6, 6.07) is 8.29. The Balaban J connectivity index is 1.59. The van der Waals surface area contributed by atoms with E-state index in [0.29, 0.717) is 12.6 Å². The summed E-state index contributed by atoms with van der Waals surface area (Å²) >= 11 is 0. The molecule has 0 amide bonds. The van der Waals surface area contributed by atoms with Crippen molar-refractivity contribution in [2.24, 2.45) is 4.99 Å². The Bertz CT molecular complexity index is 519. The van der Waals surface area contributed by atoms with Gasteiger partial charge in [-0.1, -0.05) is 6.92 Å². The minimum Gasteiger partial charge on any atom is -0.497 e. The molecule has 1 aliphatic heterocycles. The van der Waals surface area contributed by atoms with Gasteiger partial charge in [-0.15, -0.1) is 0 Å². The lowest BCUT2D eigenvalue weighted by molar-refractivity contribution is 0.267. The highest BCUT2D eigenvalue weighted by Gasteiger charge is 2.22. The molecule has 2 N–H and O–H groups in total. The van der Waals surface area contributed by atoms with E-state index in [0.717, 1.165) is 43.5 Å². The van der Waals surface area contributed by atoms with Crippen molar-refractivity contribution in [3.63, 3.8) is 0 Å². The Kier molecular flexibility index (Phi) is 8.39. The molecular formula is C19H32N4O2. The molecule has 0 radical (unpaired) electrons. The third-order valence-corrected chi connectivity index (χ3v) is 4.58. The van der Waals surface area contributed by atoms with Gasteiger partial charge in [-0.3, -0.25) is 9.89 Å². The summed E-state index contributed by atoms with van der Waals surface area (Å²) in [6.07, 6.45) is 3.49. The van der Waals surface area contributed by atoms with Crippen molar-refractivity contribution in [1.82, 2.24) is 15.5 Å². The third kappa shape index (κ3) is 6.46. The molecule has 1 aromatic rings. The maximum atomic E-state index is 5.73. The minimum atomic E-state index is 0.627. The zero-order valence-electron chi connectivity index (χ0n) is 15.8. The number of nitrogens with zero attached hydrogens (tertiary/aromatic N) is 2. The zero-order valence-corrected chi connectivity index (χ0v) is 15.8. The average molecular weight is 348 g/mol. The molecule has 6 nitrogen and oxygen atoms in total. The molecule has 0 spiro atoms. The Morgan fingerprint density at radius 3 is 2.68 bits per heavy atom. The van der Waals surface area contributed by atoms with Gasteiger partial charge in [-0.2, -0.15) is 0 Å². The fraction of sp³-hybridized carbons (Fsp3) is 0.632. The molecule has 1 fully saturated rings. The van der Waals surface area contributed by atoms with Crippen molar-refractivity contribution in [3.05, 3.63) is 24.3 Å². The van der Waals surface area contributed by atoms with Crippen molar-refractivity contribution < 1.29 is 9.47 Å². The summed E-state index contributed by atoms with van der Waals surface area (Å²) in [5.74, 6) is 2.57. The molecule has 0 aromatic heterocycles. The number of nitrogens with one attached hydrogen (secondary N) is 2. The van der Waals surface area contributed by atoms with Gasteiger partial charge in [0, 0.05) is 26.2 Å². The maximum absolute atomic E-state index is 5.73. The first-order chi connectivity index (χ1) is 12.3. The predicted molar refractivity (Wildman–Crippen MR) is 103 cm³/mol. The Morgan fingerprint density at radius 1 is 1.24 bits per heavy atom. The van der Waals surface area contributed by atoms with Gasteiger partial charge in [0.1, 0.15) is 11.5 Å². The van der Waals surface area contributed by atoms with Crippen LogP contribution in [0.15, 0.2) is 29.3 Å². The van der Waals surface area contributed by atoms with Crippen LogP contribution in [0.25, 0.3) is 0 Å². The predicted octanol–water partition coefficient (Wildman–Crippen LogP) is 2.11. The number of guanidine groups is 1. The fourth-order valence-corrected chi connectivity index (χ4v) is 3.12. The number of aliphatic imine (C=N–C) groups is 1. The highest BCUT2D eigenvalue weighted by molar-refractivity contribution is 5.79. The van der Waals surface area contributed by atoms with E-state index in [1.807, 2.05) is 31.3 Å². The molecule has 1 aromatic carbocycles. The van der Waals surface area contributed by atoms with Crippen LogP contribution in [0.2, 0.25) is 0 Å². The van der Waals surface area contributed by atoms with Crippen LogP contribution < -0.4 is 20.1 Å². The highest BCUT2D eigenvalue weighted by Crippen LogP contribution is 2.17. The Labute approximate surface area is 151 Å². The number of rotatable bonds is 9. The fourth-order valence-electron chi connectivity index (χ4n) is 3.12. The van der Waals surface area contributed by atoms with E-state index in [4.69, 9.17) is 9.47 Å². The largest absolute Gasteiger partial charge is 0.497 e. The Morgan fingerprint density at radius 2 is 2.00 bits per heavy atom. The molecule has 1 saturated heterocycles. The lowest BCUT2D eigenvalue weighted by Gasteiger charge is -2.24. The molecule has 1 atom stereocenters. The van der Waals surface area contributed by atoms with Crippen LogP contribution in [0.5, 0.6) is 11.5 Å². The van der Waals surface area contributed by atoms with E-state index in [9.17, 15) is 0 Å². The van der Waals surface area contributed by atoms with Crippen molar-refractivity contribution in [2.45, 2.75) is 32.2 Å². The molecular weight excluding hydrogens is 316 g/mol. The second-order valence-electron chi connectivity index (χ2n) is 6.18.